The van der Waals surface area contributed by atoms with Gasteiger partial charge in [-0.1, -0.05) is 30.3 Å². The van der Waals surface area contributed by atoms with Crippen LogP contribution in [0, 0.1) is 11.3 Å². The van der Waals surface area contributed by atoms with Gasteiger partial charge < -0.3 is 10.8 Å². The molecular weight excluding hydrogens is 400 g/mol. The van der Waals surface area contributed by atoms with Gasteiger partial charge in [-0.15, -0.1) is 0 Å². The van der Waals surface area contributed by atoms with Gasteiger partial charge in [0.1, 0.15) is 11.3 Å². The van der Waals surface area contributed by atoms with E-state index in [1.54, 1.807) is 12.3 Å². The largest absolute Gasteiger partial charge is 0.392 e. The third-order valence-electron chi connectivity index (χ3n) is 5.28. The van der Waals surface area contributed by atoms with Crippen LogP contribution in [0.3, 0.4) is 0 Å². The molecule has 0 aliphatic carbocycles. The summed E-state index contributed by atoms with van der Waals surface area (Å²) < 4.78 is 1.92. The standard InChI is InChI=1S/C25H18N6O/c26-14-17-4-1-2-5-19(17)21-11-12-22-25(29-21)31(18-9-7-16(15-32)8-10-18)24(30-22)20-6-3-13-28-23(20)27/h1-13,32H,15H2,(H2,27,28). The molecule has 2 aromatic carbocycles. The highest BCUT2D eigenvalue weighted by atomic mass is 16.3. The smallest absolute Gasteiger partial charge is 0.165 e. The summed E-state index contributed by atoms with van der Waals surface area (Å²) in [6.07, 6.45) is 1.64. The number of anilines is 1. The summed E-state index contributed by atoms with van der Waals surface area (Å²) in [5.74, 6) is 0.978. The van der Waals surface area contributed by atoms with Crippen LogP contribution in [0.5, 0.6) is 0 Å². The van der Waals surface area contributed by atoms with E-state index < -0.39 is 0 Å². The van der Waals surface area contributed by atoms with Crippen LogP contribution in [0.1, 0.15) is 11.1 Å². The molecule has 0 bridgehead atoms. The number of nitrogens with two attached hydrogens (primary N) is 1. The first-order valence-electron chi connectivity index (χ1n) is 9.99. The zero-order chi connectivity index (χ0) is 22.1. The average molecular weight is 418 g/mol. The Morgan fingerprint density at radius 3 is 2.44 bits per heavy atom. The number of nitrogens with zero attached hydrogens (tertiary/aromatic N) is 5. The Labute approximate surface area is 184 Å². The molecule has 32 heavy (non-hydrogen) atoms. The van der Waals surface area contributed by atoms with Crippen LogP contribution in [0.25, 0.3) is 39.5 Å². The molecule has 7 nitrogen and oxygen atoms in total. The van der Waals surface area contributed by atoms with Gasteiger partial charge in [-0.25, -0.2) is 15.0 Å². The Kier molecular flexibility index (Phi) is 4.82. The number of nitrogen functional groups attached to an aromatic ring is 1. The van der Waals surface area contributed by atoms with Gasteiger partial charge in [0.25, 0.3) is 0 Å². The lowest BCUT2D eigenvalue weighted by Gasteiger charge is -2.11. The number of aliphatic hydroxyl groups is 1. The first-order valence-corrected chi connectivity index (χ1v) is 9.99. The summed E-state index contributed by atoms with van der Waals surface area (Å²) in [6, 6.07) is 24.5. The molecule has 0 saturated heterocycles. The number of benzene rings is 2. The van der Waals surface area contributed by atoms with Crippen molar-refractivity contribution < 1.29 is 5.11 Å². The summed E-state index contributed by atoms with van der Waals surface area (Å²) in [4.78, 5) is 13.9. The molecule has 0 fully saturated rings. The summed E-state index contributed by atoms with van der Waals surface area (Å²) in [5, 5.41) is 19.0. The van der Waals surface area contributed by atoms with Gasteiger partial charge in [-0.3, -0.25) is 4.57 Å². The van der Waals surface area contributed by atoms with E-state index in [0.29, 0.717) is 39.6 Å². The van der Waals surface area contributed by atoms with Crippen molar-refractivity contribution in [2.45, 2.75) is 6.61 Å². The number of aliphatic hydroxyl groups excluding tert-OH is 1. The quantitative estimate of drug-likeness (QED) is 0.454. The maximum Gasteiger partial charge on any atom is 0.165 e. The van der Waals surface area contributed by atoms with Crippen LogP contribution in [-0.4, -0.2) is 24.6 Å². The SMILES string of the molecule is N#Cc1ccccc1-c1ccc2nc(-c3cccnc3N)n(-c3ccc(CO)cc3)c2n1. The third kappa shape index (κ3) is 3.25. The molecule has 5 aromatic rings. The number of hydrogen-bond acceptors (Lipinski definition) is 6. The Morgan fingerprint density at radius 2 is 1.69 bits per heavy atom. The number of rotatable bonds is 4. The number of hydrogen-bond donors (Lipinski definition) is 2. The van der Waals surface area contributed by atoms with Gasteiger partial charge in [0.05, 0.1) is 29.5 Å². The van der Waals surface area contributed by atoms with E-state index in [0.717, 1.165) is 16.8 Å². The Morgan fingerprint density at radius 1 is 0.906 bits per heavy atom. The molecule has 0 spiro atoms. The predicted octanol–water partition coefficient (Wildman–Crippen LogP) is 4.10. The summed E-state index contributed by atoms with van der Waals surface area (Å²) in [5.41, 5.74) is 11.8. The van der Waals surface area contributed by atoms with Crippen molar-refractivity contribution in [3.05, 3.63) is 90.1 Å². The lowest BCUT2D eigenvalue weighted by Crippen LogP contribution is -2.02. The lowest BCUT2D eigenvalue weighted by molar-refractivity contribution is 0.282. The molecule has 154 valence electrons. The fourth-order valence-corrected chi connectivity index (χ4v) is 3.69. The minimum absolute atomic E-state index is 0.0410. The minimum Gasteiger partial charge on any atom is -0.392 e. The van der Waals surface area contributed by atoms with Crippen LogP contribution in [0.4, 0.5) is 5.82 Å². The van der Waals surface area contributed by atoms with Crippen LogP contribution < -0.4 is 5.73 Å². The second kappa shape index (κ2) is 7.95. The molecule has 0 atom stereocenters. The summed E-state index contributed by atoms with van der Waals surface area (Å²) in [7, 11) is 0. The third-order valence-corrected chi connectivity index (χ3v) is 5.28. The Hall–Kier alpha value is -4.54. The van der Waals surface area contributed by atoms with Crippen molar-refractivity contribution in [1.29, 1.82) is 5.26 Å². The van der Waals surface area contributed by atoms with Crippen molar-refractivity contribution in [3.63, 3.8) is 0 Å². The van der Waals surface area contributed by atoms with Crippen LogP contribution in [-0.2, 0) is 6.61 Å². The molecule has 0 amide bonds. The van der Waals surface area contributed by atoms with Crippen LogP contribution in [0.2, 0.25) is 0 Å². The Bertz CT molecular complexity index is 1480. The number of nitriles is 1. The predicted molar refractivity (Wildman–Crippen MR) is 123 cm³/mol. The van der Waals surface area contributed by atoms with E-state index in [1.807, 2.05) is 71.3 Å². The number of imidazole rings is 1. The van der Waals surface area contributed by atoms with Crippen LogP contribution in [0.15, 0.2) is 79.0 Å². The van der Waals surface area contributed by atoms with Gasteiger partial charge in [-0.2, -0.15) is 5.26 Å². The second-order valence-corrected chi connectivity index (χ2v) is 7.23. The van der Waals surface area contributed by atoms with Gasteiger partial charge in [0, 0.05) is 17.4 Å². The van der Waals surface area contributed by atoms with E-state index in [1.165, 1.54) is 0 Å². The van der Waals surface area contributed by atoms with Crippen molar-refractivity contribution >= 4 is 17.0 Å². The molecule has 0 aliphatic heterocycles. The molecule has 5 rings (SSSR count). The van der Waals surface area contributed by atoms with Gasteiger partial charge in [0.2, 0.25) is 0 Å². The molecule has 3 heterocycles. The highest BCUT2D eigenvalue weighted by molar-refractivity contribution is 5.85. The molecule has 0 aliphatic rings. The van der Waals surface area contributed by atoms with Crippen molar-refractivity contribution in [1.82, 2.24) is 19.5 Å². The first kappa shape index (κ1) is 19.4. The maximum atomic E-state index is 9.52. The fourth-order valence-electron chi connectivity index (χ4n) is 3.69. The van der Waals surface area contributed by atoms with E-state index >= 15 is 0 Å². The van der Waals surface area contributed by atoms with E-state index in [2.05, 4.69) is 11.1 Å². The Balaban J connectivity index is 1.80. The molecular formula is C25H18N6O. The van der Waals surface area contributed by atoms with E-state index in [9.17, 15) is 10.4 Å². The number of aromatic nitrogens is 4. The van der Waals surface area contributed by atoms with E-state index in [4.69, 9.17) is 15.7 Å². The van der Waals surface area contributed by atoms with Crippen molar-refractivity contribution in [3.8, 4) is 34.4 Å². The zero-order valence-electron chi connectivity index (χ0n) is 17.0. The summed E-state index contributed by atoms with van der Waals surface area (Å²) in [6.45, 7) is -0.0410. The van der Waals surface area contributed by atoms with Gasteiger partial charge in [-0.05, 0) is 48.0 Å². The zero-order valence-corrected chi connectivity index (χ0v) is 17.0. The number of fused-ring (bicyclic) bond motifs is 1. The van der Waals surface area contributed by atoms with Gasteiger partial charge in [0.15, 0.2) is 11.5 Å². The molecule has 0 unspecified atom stereocenters. The summed E-state index contributed by atoms with van der Waals surface area (Å²) >= 11 is 0. The molecule has 3 aromatic heterocycles. The minimum atomic E-state index is -0.0410. The van der Waals surface area contributed by atoms with E-state index in [-0.39, 0.29) is 6.61 Å². The highest BCUT2D eigenvalue weighted by Crippen LogP contribution is 2.32. The molecule has 7 heteroatoms. The monoisotopic (exact) mass is 418 g/mol. The molecule has 0 radical (unpaired) electrons. The topological polar surface area (TPSA) is 114 Å². The van der Waals surface area contributed by atoms with Crippen LogP contribution >= 0.6 is 0 Å². The first-order chi connectivity index (χ1) is 15.7. The van der Waals surface area contributed by atoms with Crippen molar-refractivity contribution in [2.75, 3.05) is 5.73 Å². The fraction of sp³-hybridized carbons (Fsp3) is 0.0400. The molecule has 3 N–H and O–H groups in total. The normalized spacial score (nSPS) is 10.9. The maximum absolute atomic E-state index is 9.52. The highest BCUT2D eigenvalue weighted by Gasteiger charge is 2.19. The average Bonchev–Trinajstić information content (AvgIpc) is 3.22. The second-order valence-electron chi connectivity index (χ2n) is 7.23. The van der Waals surface area contributed by atoms with Gasteiger partial charge >= 0.3 is 0 Å². The lowest BCUT2D eigenvalue weighted by atomic mass is 10.1. The number of pyridine rings is 2. The molecule has 0 saturated carbocycles. The van der Waals surface area contributed by atoms with Crippen molar-refractivity contribution in [2.24, 2.45) is 0 Å².